The molecule has 1 aromatic carbocycles. The minimum absolute atomic E-state index is 0.236. The molecule has 2 aliphatic rings. The predicted octanol–water partition coefficient (Wildman–Crippen LogP) is 2.52. The Morgan fingerprint density at radius 2 is 2.11 bits per heavy atom. The van der Waals surface area contributed by atoms with Gasteiger partial charge in [-0.05, 0) is 18.9 Å². The largest absolute Gasteiger partial charge is 0.372 e. The van der Waals surface area contributed by atoms with Crippen molar-refractivity contribution in [3.63, 3.8) is 0 Å². The fourth-order valence-electron chi connectivity index (χ4n) is 3.02. The second kappa shape index (κ2) is 5.17. The number of carbonyl (C=O) groups is 1. The Labute approximate surface area is 113 Å². The van der Waals surface area contributed by atoms with E-state index < -0.39 is 0 Å². The number of ketones is 1. The summed E-state index contributed by atoms with van der Waals surface area (Å²) in [5.41, 5.74) is 2.29. The van der Waals surface area contributed by atoms with Crippen LogP contribution >= 0.6 is 0 Å². The molecule has 3 nitrogen and oxygen atoms in total. The summed E-state index contributed by atoms with van der Waals surface area (Å²) in [7, 11) is 0. The lowest BCUT2D eigenvalue weighted by Crippen LogP contribution is -2.33. The highest BCUT2D eigenvalue weighted by Gasteiger charge is 2.36. The molecule has 0 unspecified atom stereocenters. The molecule has 3 rings (SSSR count). The van der Waals surface area contributed by atoms with Gasteiger partial charge in [0.2, 0.25) is 0 Å². The topological polar surface area (TPSA) is 29.5 Å². The van der Waals surface area contributed by atoms with E-state index in [4.69, 9.17) is 4.74 Å². The maximum Gasteiger partial charge on any atom is 0.159 e. The zero-order valence-electron chi connectivity index (χ0n) is 11.2. The fraction of sp³-hybridized carbons (Fsp3) is 0.438. The Bertz CT molecular complexity index is 495. The maximum absolute atomic E-state index is 11.6. The summed E-state index contributed by atoms with van der Waals surface area (Å²) in [6.07, 6.45) is 3.60. The Morgan fingerprint density at radius 1 is 1.32 bits per heavy atom. The number of hydrogen-bond acceptors (Lipinski definition) is 3. The third-order valence-corrected chi connectivity index (χ3v) is 3.96. The highest BCUT2D eigenvalue weighted by atomic mass is 16.5. The molecule has 100 valence electrons. The van der Waals surface area contributed by atoms with Crippen molar-refractivity contribution in [2.75, 3.05) is 6.54 Å². The number of rotatable bonds is 3. The molecular formula is C16H19NO2. The van der Waals surface area contributed by atoms with Gasteiger partial charge in [-0.3, -0.25) is 4.79 Å². The first-order chi connectivity index (χ1) is 9.22. The van der Waals surface area contributed by atoms with E-state index in [1.54, 1.807) is 6.08 Å². The van der Waals surface area contributed by atoms with Gasteiger partial charge in [-0.25, -0.2) is 0 Å². The first-order valence-corrected chi connectivity index (χ1v) is 6.85. The van der Waals surface area contributed by atoms with Crippen molar-refractivity contribution >= 4 is 5.78 Å². The number of nitrogens with zero attached hydrogens (tertiary/aromatic N) is 1. The minimum Gasteiger partial charge on any atom is -0.372 e. The zero-order chi connectivity index (χ0) is 13.2. The lowest BCUT2D eigenvalue weighted by atomic mass is 10.0. The van der Waals surface area contributed by atoms with Crippen molar-refractivity contribution in [3.05, 3.63) is 47.7 Å². The molecule has 19 heavy (non-hydrogen) atoms. The summed E-state index contributed by atoms with van der Waals surface area (Å²) in [5, 5.41) is 0. The van der Waals surface area contributed by atoms with E-state index in [1.165, 1.54) is 5.56 Å². The number of fused-ring (bicyclic) bond motifs is 1. The van der Waals surface area contributed by atoms with Crippen molar-refractivity contribution in [2.45, 2.75) is 38.5 Å². The van der Waals surface area contributed by atoms with E-state index in [2.05, 4.69) is 17.0 Å². The van der Waals surface area contributed by atoms with Crippen LogP contribution < -0.4 is 0 Å². The molecule has 0 spiro atoms. The van der Waals surface area contributed by atoms with Gasteiger partial charge in [0.05, 0.1) is 12.7 Å². The molecule has 1 saturated heterocycles. The highest BCUT2D eigenvalue weighted by molar-refractivity contribution is 5.91. The second-order valence-corrected chi connectivity index (χ2v) is 5.42. The van der Waals surface area contributed by atoms with Crippen LogP contribution in [-0.4, -0.2) is 29.4 Å². The third kappa shape index (κ3) is 2.71. The molecule has 0 aliphatic carbocycles. The van der Waals surface area contributed by atoms with E-state index >= 15 is 0 Å². The quantitative estimate of drug-likeness (QED) is 0.833. The van der Waals surface area contributed by atoms with Gasteiger partial charge < -0.3 is 9.64 Å². The molecule has 0 amide bonds. The van der Waals surface area contributed by atoms with Gasteiger partial charge in [-0.1, -0.05) is 30.3 Å². The van der Waals surface area contributed by atoms with Crippen LogP contribution in [0.5, 0.6) is 0 Å². The number of carbonyl (C=O) groups excluding carboxylic acids is 1. The second-order valence-electron chi connectivity index (χ2n) is 5.42. The Balaban J connectivity index is 1.58. The first-order valence-electron chi connectivity index (χ1n) is 6.85. The van der Waals surface area contributed by atoms with Crippen molar-refractivity contribution in [2.24, 2.45) is 0 Å². The molecule has 0 radical (unpaired) electrons. The summed E-state index contributed by atoms with van der Waals surface area (Å²) in [6, 6.07) is 10.6. The lowest BCUT2D eigenvalue weighted by molar-refractivity contribution is -0.116. The van der Waals surface area contributed by atoms with Crippen LogP contribution in [0.1, 0.15) is 25.3 Å². The van der Waals surface area contributed by atoms with Crippen molar-refractivity contribution < 1.29 is 9.53 Å². The Hall–Kier alpha value is -1.61. The van der Waals surface area contributed by atoms with Crippen LogP contribution in [0.3, 0.4) is 0 Å². The number of allylic oxidation sites excluding steroid dienone is 2. The summed E-state index contributed by atoms with van der Waals surface area (Å²) in [6.45, 7) is 3.58. The average molecular weight is 257 g/mol. The van der Waals surface area contributed by atoms with E-state index in [0.29, 0.717) is 19.1 Å². The Morgan fingerprint density at radius 3 is 2.89 bits per heavy atom. The van der Waals surface area contributed by atoms with Crippen LogP contribution in [0.25, 0.3) is 0 Å². The maximum atomic E-state index is 11.6. The van der Waals surface area contributed by atoms with E-state index in [1.807, 2.05) is 25.1 Å². The fourth-order valence-corrected chi connectivity index (χ4v) is 3.02. The van der Waals surface area contributed by atoms with Crippen molar-refractivity contribution in [3.8, 4) is 0 Å². The van der Waals surface area contributed by atoms with E-state index in [-0.39, 0.29) is 11.9 Å². The molecule has 2 aliphatic heterocycles. The summed E-state index contributed by atoms with van der Waals surface area (Å²) < 4.78 is 5.98. The van der Waals surface area contributed by atoms with Crippen molar-refractivity contribution in [1.29, 1.82) is 0 Å². The lowest BCUT2D eigenvalue weighted by Gasteiger charge is -2.29. The van der Waals surface area contributed by atoms with Gasteiger partial charge in [-0.15, -0.1) is 0 Å². The molecule has 2 atom stereocenters. The summed E-state index contributed by atoms with van der Waals surface area (Å²) in [5.74, 6) is 0.252. The minimum atomic E-state index is 0.236. The first kappa shape index (κ1) is 12.4. The SMILES string of the molecule is CC1=CC(=O)C[C@@H]2C[C@@H](OCc3ccccc3)CN12. The molecule has 0 saturated carbocycles. The Kier molecular flexibility index (Phi) is 3.38. The summed E-state index contributed by atoms with van der Waals surface area (Å²) >= 11 is 0. The highest BCUT2D eigenvalue weighted by Crippen LogP contribution is 2.30. The molecule has 0 bridgehead atoms. The van der Waals surface area contributed by atoms with Crippen LogP contribution in [-0.2, 0) is 16.1 Å². The standard InChI is InChI=1S/C16H19NO2/c1-12-7-15(18)8-14-9-16(10-17(12)14)19-11-13-5-3-2-4-6-13/h2-7,14,16H,8-11H2,1H3/t14-,16-/m1/s1. The molecule has 2 heterocycles. The third-order valence-electron chi connectivity index (χ3n) is 3.96. The van der Waals surface area contributed by atoms with Gasteiger partial charge in [0.15, 0.2) is 5.78 Å². The average Bonchev–Trinajstić information content (AvgIpc) is 2.81. The van der Waals surface area contributed by atoms with Gasteiger partial charge in [-0.2, -0.15) is 0 Å². The van der Waals surface area contributed by atoms with Gasteiger partial charge in [0.1, 0.15) is 0 Å². The zero-order valence-corrected chi connectivity index (χ0v) is 11.2. The molecule has 0 aromatic heterocycles. The summed E-state index contributed by atoms with van der Waals surface area (Å²) in [4.78, 5) is 13.9. The van der Waals surface area contributed by atoms with E-state index in [0.717, 1.165) is 18.7 Å². The van der Waals surface area contributed by atoms with Crippen LogP contribution in [0.4, 0.5) is 0 Å². The monoisotopic (exact) mass is 257 g/mol. The molecular weight excluding hydrogens is 238 g/mol. The van der Waals surface area contributed by atoms with Crippen LogP contribution in [0.2, 0.25) is 0 Å². The number of ether oxygens (including phenoxy) is 1. The predicted molar refractivity (Wildman–Crippen MR) is 73.5 cm³/mol. The molecule has 1 aromatic rings. The normalized spacial score (nSPS) is 26.3. The van der Waals surface area contributed by atoms with Crippen molar-refractivity contribution in [1.82, 2.24) is 4.90 Å². The number of hydrogen-bond donors (Lipinski definition) is 0. The van der Waals surface area contributed by atoms with Crippen LogP contribution in [0.15, 0.2) is 42.1 Å². The molecule has 1 fully saturated rings. The van der Waals surface area contributed by atoms with Gasteiger partial charge >= 0.3 is 0 Å². The van der Waals surface area contributed by atoms with Crippen LogP contribution in [0, 0.1) is 0 Å². The number of benzene rings is 1. The molecule has 3 heteroatoms. The van der Waals surface area contributed by atoms with Gasteiger partial charge in [0.25, 0.3) is 0 Å². The smallest absolute Gasteiger partial charge is 0.159 e. The molecule has 0 N–H and O–H groups in total. The van der Waals surface area contributed by atoms with E-state index in [9.17, 15) is 4.79 Å². The van der Waals surface area contributed by atoms with Gasteiger partial charge in [0, 0.05) is 30.8 Å².